The summed E-state index contributed by atoms with van der Waals surface area (Å²) in [6.07, 6.45) is 10.7. The van der Waals surface area contributed by atoms with Crippen molar-refractivity contribution in [1.82, 2.24) is 5.32 Å². The monoisotopic (exact) mass is 259 g/mol. The Hall–Kier alpha value is 0.210. The fourth-order valence-corrected chi connectivity index (χ4v) is 3.53. The van der Waals surface area contributed by atoms with Crippen molar-refractivity contribution in [2.24, 2.45) is 0 Å². The summed E-state index contributed by atoms with van der Waals surface area (Å²) in [5.74, 6) is 0.740. The summed E-state index contributed by atoms with van der Waals surface area (Å²) in [5, 5.41) is 3.54. The molecule has 1 aliphatic carbocycles. The van der Waals surface area contributed by atoms with E-state index >= 15 is 0 Å². The van der Waals surface area contributed by atoms with Gasteiger partial charge < -0.3 is 10.1 Å². The van der Waals surface area contributed by atoms with E-state index in [1.54, 1.807) is 0 Å². The van der Waals surface area contributed by atoms with Gasteiger partial charge in [-0.1, -0.05) is 19.3 Å². The first-order valence-electron chi connectivity index (χ1n) is 7.21. The third-order valence-electron chi connectivity index (χ3n) is 4.34. The van der Waals surface area contributed by atoms with Crippen LogP contribution in [0.2, 0.25) is 0 Å². The van der Waals surface area contributed by atoms with Crippen molar-refractivity contribution in [3.05, 3.63) is 0 Å². The minimum Gasteiger partial charge on any atom is -0.370 e. The van der Waals surface area contributed by atoms with Crippen LogP contribution >= 0.6 is 11.6 Å². The molecule has 0 aromatic heterocycles. The van der Waals surface area contributed by atoms with Crippen LogP contribution in [0.5, 0.6) is 0 Å². The zero-order chi connectivity index (χ0) is 12.1. The molecule has 1 aliphatic heterocycles. The second-order valence-electron chi connectivity index (χ2n) is 5.81. The lowest BCUT2D eigenvalue weighted by atomic mass is 9.83. The van der Waals surface area contributed by atoms with E-state index in [0.29, 0.717) is 12.1 Å². The molecule has 1 N–H and O–H groups in total. The van der Waals surface area contributed by atoms with E-state index < -0.39 is 0 Å². The Labute approximate surface area is 110 Å². The van der Waals surface area contributed by atoms with Gasteiger partial charge in [-0.2, -0.15) is 0 Å². The minimum absolute atomic E-state index is 0.264. The summed E-state index contributed by atoms with van der Waals surface area (Å²) in [6.45, 7) is 3.20. The fourth-order valence-electron chi connectivity index (χ4n) is 3.20. The molecule has 2 unspecified atom stereocenters. The molecule has 100 valence electrons. The van der Waals surface area contributed by atoms with Gasteiger partial charge in [0.1, 0.15) is 0 Å². The van der Waals surface area contributed by atoms with E-state index in [2.05, 4.69) is 12.2 Å². The highest BCUT2D eigenvalue weighted by Gasteiger charge is 2.40. The van der Waals surface area contributed by atoms with Crippen LogP contribution < -0.4 is 5.32 Å². The van der Waals surface area contributed by atoms with Gasteiger partial charge in [0.2, 0.25) is 0 Å². The Morgan fingerprint density at radius 2 is 2.06 bits per heavy atom. The van der Waals surface area contributed by atoms with Crippen LogP contribution in [0, 0.1) is 0 Å². The molecule has 17 heavy (non-hydrogen) atoms. The van der Waals surface area contributed by atoms with Crippen molar-refractivity contribution in [2.75, 3.05) is 12.4 Å². The van der Waals surface area contributed by atoms with Crippen molar-refractivity contribution in [3.8, 4) is 0 Å². The second kappa shape index (κ2) is 6.40. The number of ether oxygens (including phenoxy) is 1. The van der Waals surface area contributed by atoms with Crippen LogP contribution in [0.4, 0.5) is 0 Å². The molecule has 3 heteroatoms. The predicted molar refractivity (Wildman–Crippen MR) is 72.7 cm³/mol. The number of halogens is 1. The van der Waals surface area contributed by atoms with Gasteiger partial charge in [-0.25, -0.2) is 0 Å². The molecule has 1 saturated carbocycles. The van der Waals surface area contributed by atoms with E-state index in [1.807, 2.05) is 0 Å². The number of nitrogens with one attached hydrogen (secondary N) is 1. The molecule has 1 spiro atoms. The van der Waals surface area contributed by atoms with Crippen LogP contribution in [-0.4, -0.2) is 30.2 Å². The van der Waals surface area contributed by atoms with E-state index in [0.717, 1.165) is 18.8 Å². The van der Waals surface area contributed by atoms with E-state index in [-0.39, 0.29) is 5.60 Å². The lowest BCUT2D eigenvalue weighted by Crippen LogP contribution is -2.37. The molecule has 0 bridgehead atoms. The van der Waals surface area contributed by atoms with E-state index in [9.17, 15) is 0 Å². The average Bonchev–Trinajstić information content (AvgIpc) is 2.71. The molecule has 0 aromatic carbocycles. The van der Waals surface area contributed by atoms with Crippen LogP contribution in [0.1, 0.15) is 58.3 Å². The number of alkyl halides is 1. The first-order chi connectivity index (χ1) is 8.24. The van der Waals surface area contributed by atoms with Gasteiger partial charge in [0.25, 0.3) is 0 Å². The van der Waals surface area contributed by atoms with Gasteiger partial charge in [0.15, 0.2) is 0 Å². The maximum Gasteiger partial charge on any atom is 0.0708 e. The van der Waals surface area contributed by atoms with Crippen molar-refractivity contribution in [1.29, 1.82) is 0 Å². The molecule has 0 radical (unpaired) electrons. The number of hydrogen-bond acceptors (Lipinski definition) is 2. The van der Waals surface area contributed by atoms with Gasteiger partial charge >= 0.3 is 0 Å². The molecule has 2 aliphatic rings. The topological polar surface area (TPSA) is 21.3 Å². The molecular formula is C14H26ClNO. The van der Waals surface area contributed by atoms with Crippen molar-refractivity contribution in [3.63, 3.8) is 0 Å². The van der Waals surface area contributed by atoms with Gasteiger partial charge in [-0.05, 0) is 39.0 Å². The summed E-state index contributed by atoms with van der Waals surface area (Å²) in [5.41, 5.74) is 0.264. The fraction of sp³-hybridized carbons (Fsp3) is 1.00. The van der Waals surface area contributed by atoms with E-state index in [4.69, 9.17) is 16.3 Å². The first kappa shape index (κ1) is 13.6. The largest absolute Gasteiger partial charge is 0.370 e. The Bertz CT molecular complexity index is 228. The third-order valence-corrected chi connectivity index (χ3v) is 4.56. The van der Waals surface area contributed by atoms with Crippen LogP contribution in [0.15, 0.2) is 0 Å². The molecule has 1 heterocycles. The van der Waals surface area contributed by atoms with Crippen LogP contribution in [0.3, 0.4) is 0 Å². The summed E-state index contributed by atoms with van der Waals surface area (Å²) in [7, 11) is 0. The van der Waals surface area contributed by atoms with E-state index in [1.165, 1.54) is 44.9 Å². The third kappa shape index (κ3) is 3.84. The molecule has 2 nitrogen and oxygen atoms in total. The average molecular weight is 260 g/mol. The normalized spacial score (nSPS) is 29.6. The Balaban J connectivity index is 1.70. The van der Waals surface area contributed by atoms with Crippen LogP contribution in [0.25, 0.3) is 0 Å². The predicted octanol–water partition coefficient (Wildman–Crippen LogP) is 3.48. The molecule has 2 rings (SSSR count). The Morgan fingerprint density at radius 3 is 2.76 bits per heavy atom. The highest BCUT2D eigenvalue weighted by atomic mass is 35.5. The van der Waals surface area contributed by atoms with Crippen molar-refractivity contribution >= 4 is 11.6 Å². The highest BCUT2D eigenvalue weighted by molar-refractivity contribution is 6.17. The lowest BCUT2D eigenvalue weighted by molar-refractivity contribution is -0.0628. The molecule has 2 fully saturated rings. The molecule has 2 atom stereocenters. The standard InChI is InChI=1S/C14H26ClNO/c1-12(6-10-15)16-11-13-5-9-14(17-13)7-3-2-4-8-14/h12-13,16H,2-11H2,1H3. The SMILES string of the molecule is CC(CCCl)NCC1CCC2(CCCCC2)O1. The second-order valence-corrected chi connectivity index (χ2v) is 6.19. The molecule has 0 aromatic rings. The Morgan fingerprint density at radius 1 is 1.29 bits per heavy atom. The van der Waals surface area contributed by atoms with Crippen molar-refractivity contribution in [2.45, 2.75) is 76.0 Å². The number of hydrogen-bond donors (Lipinski definition) is 1. The lowest BCUT2D eigenvalue weighted by Gasteiger charge is -2.33. The van der Waals surface area contributed by atoms with Gasteiger partial charge in [0.05, 0.1) is 11.7 Å². The van der Waals surface area contributed by atoms with Gasteiger partial charge in [0, 0.05) is 18.5 Å². The quantitative estimate of drug-likeness (QED) is 0.764. The maximum absolute atomic E-state index is 6.32. The van der Waals surface area contributed by atoms with Gasteiger partial charge in [-0.3, -0.25) is 0 Å². The summed E-state index contributed by atoms with van der Waals surface area (Å²) in [4.78, 5) is 0. The number of rotatable bonds is 5. The minimum atomic E-state index is 0.264. The maximum atomic E-state index is 6.32. The smallest absolute Gasteiger partial charge is 0.0708 e. The molecular weight excluding hydrogens is 234 g/mol. The summed E-state index contributed by atoms with van der Waals surface area (Å²) >= 11 is 5.74. The summed E-state index contributed by atoms with van der Waals surface area (Å²) < 4.78 is 6.32. The highest BCUT2D eigenvalue weighted by Crippen LogP contribution is 2.41. The van der Waals surface area contributed by atoms with Crippen molar-refractivity contribution < 1.29 is 4.74 Å². The zero-order valence-corrected chi connectivity index (χ0v) is 11.8. The molecule has 0 amide bonds. The van der Waals surface area contributed by atoms with Crippen LogP contribution in [-0.2, 0) is 4.74 Å². The zero-order valence-electron chi connectivity index (χ0n) is 11.0. The Kier molecular flexibility index (Phi) is 5.13. The van der Waals surface area contributed by atoms with Gasteiger partial charge in [-0.15, -0.1) is 11.6 Å². The first-order valence-corrected chi connectivity index (χ1v) is 7.75. The summed E-state index contributed by atoms with van der Waals surface area (Å²) in [6, 6.07) is 0.513. The molecule has 1 saturated heterocycles.